The largest absolute Gasteiger partial charge is 0.376 e. The topological polar surface area (TPSA) is 42.7 Å². The smallest absolute Gasteiger partial charge is 0.112 e. The first kappa shape index (κ1) is 12.1. The lowest BCUT2D eigenvalue weighted by Crippen LogP contribution is -2.04. The van der Waals surface area contributed by atoms with E-state index < -0.39 is 0 Å². The van der Waals surface area contributed by atoms with Crippen LogP contribution in [-0.2, 0) is 13.1 Å². The van der Waals surface area contributed by atoms with Crippen LogP contribution in [0.5, 0.6) is 0 Å². The van der Waals surface area contributed by atoms with Crippen molar-refractivity contribution in [3.63, 3.8) is 0 Å². The van der Waals surface area contributed by atoms with Gasteiger partial charge in [0.05, 0.1) is 18.4 Å². The van der Waals surface area contributed by atoms with Gasteiger partial charge in [-0.05, 0) is 12.8 Å². The summed E-state index contributed by atoms with van der Waals surface area (Å²) in [5, 5.41) is 10.8. The summed E-state index contributed by atoms with van der Waals surface area (Å²) in [6, 6.07) is 0. The molecule has 2 aromatic rings. The fourth-order valence-electron chi connectivity index (χ4n) is 1.59. The highest BCUT2D eigenvalue weighted by atomic mass is 32.1. The van der Waals surface area contributed by atoms with Gasteiger partial charge in [-0.1, -0.05) is 13.8 Å². The number of aryl methyl sites for hydroxylation is 1. The number of nitrogens with one attached hydrogen (secondary N) is 1. The number of thiazole rings is 1. The van der Waals surface area contributed by atoms with Gasteiger partial charge in [-0.25, -0.2) is 4.98 Å². The van der Waals surface area contributed by atoms with Gasteiger partial charge in [0.1, 0.15) is 5.01 Å². The van der Waals surface area contributed by atoms with E-state index in [0.717, 1.165) is 29.5 Å². The summed E-state index contributed by atoms with van der Waals surface area (Å²) in [7, 11) is 0. The molecule has 4 nitrogen and oxygen atoms in total. The fraction of sp³-hybridized carbons (Fsp3) is 0.500. The predicted octanol–water partition coefficient (Wildman–Crippen LogP) is 2.92. The van der Waals surface area contributed by atoms with Gasteiger partial charge in [0.25, 0.3) is 0 Å². The molecule has 0 bridgehead atoms. The van der Waals surface area contributed by atoms with E-state index in [1.165, 1.54) is 0 Å². The molecule has 1 N–H and O–H groups in total. The summed E-state index contributed by atoms with van der Waals surface area (Å²) >= 11 is 1.69. The number of hydrogen-bond donors (Lipinski definition) is 1. The van der Waals surface area contributed by atoms with Crippen LogP contribution in [0.15, 0.2) is 17.8 Å². The van der Waals surface area contributed by atoms with Crippen LogP contribution in [-0.4, -0.2) is 14.8 Å². The first-order chi connectivity index (χ1) is 8.13. The van der Waals surface area contributed by atoms with E-state index in [1.54, 1.807) is 11.3 Å². The zero-order valence-corrected chi connectivity index (χ0v) is 11.3. The molecule has 0 atom stereocenters. The summed E-state index contributed by atoms with van der Waals surface area (Å²) in [6.07, 6.45) is 3.91. The summed E-state index contributed by atoms with van der Waals surface area (Å²) in [5.41, 5.74) is 2.14. The van der Waals surface area contributed by atoms with Crippen molar-refractivity contribution in [3.8, 4) is 0 Å². The van der Waals surface area contributed by atoms with E-state index in [0.29, 0.717) is 5.92 Å². The molecule has 0 unspecified atom stereocenters. The van der Waals surface area contributed by atoms with Crippen LogP contribution in [0.25, 0.3) is 0 Å². The molecule has 0 aliphatic heterocycles. The third-order valence-corrected chi connectivity index (χ3v) is 3.26. The van der Waals surface area contributed by atoms with Crippen molar-refractivity contribution in [2.45, 2.75) is 33.9 Å². The average Bonchev–Trinajstić information content (AvgIpc) is 2.84. The summed E-state index contributed by atoms with van der Waals surface area (Å²) in [5.74, 6) is 0.615. The van der Waals surface area contributed by atoms with Gasteiger partial charge < -0.3 is 5.32 Å². The van der Waals surface area contributed by atoms with Crippen LogP contribution in [0.2, 0.25) is 0 Å². The van der Waals surface area contributed by atoms with Crippen LogP contribution in [0.3, 0.4) is 0 Å². The molecule has 0 saturated heterocycles. The molecular weight excluding hydrogens is 232 g/mol. The van der Waals surface area contributed by atoms with Crippen LogP contribution in [0.1, 0.15) is 24.5 Å². The molecule has 5 heteroatoms. The van der Waals surface area contributed by atoms with E-state index in [4.69, 9.17) is 0 Å². The fourth-order valence-corrected chi connectivity index (χ4v) is 2.30. The Morgan fingerprint density at radius 3 is 2.94 bits per heavy atom. The second kappa shape index (κ2) is 5.31. The molecule has 0 aliphatic carbocycles. The van der Waals surface area contributed by atoms with E-state index in [9.17, 15) is 0 Å². The highest BCUT2D eigenvalue weighted by molar-refractivity contribution is 7.09. The first-order valence-electron chi connectivity index (χ1n) is 5.81. The van der Waals surface area contributed by atoms with Gasteiger partial charge in [0.2, 0.25) is 0 Å². The molecule has 0 fully saturated rings. The highest BCUT2D eigenvalue weighted by Gasteiger charge is 2.02. The van der Waals surface area contributed by atoms with Crippen LogP contribution in [0, 0.1) is 12.8 Å². The molecule has 2 aromatic heterocycles. The van der Waals surface area contributed by atoms with Gasteiger partial charge in [0, 0.05) is 23.8 Å². The maximum absolute atomic E-state index is 4.41. The third kappa shape index (κ3) is 3.56. The monoisotopic (exact) mass is 250 g/mol. The highest BCUT2D eigenvalue weighted by Crippen LogP contribution is 2.12. The molecule has 92 valence electrons. The van der Waals surface area contributed by atoms with Crippen LogP contribution in [0.4, 0.5) is 5.69 Å². The summed E-state index contributed by atoms with van der Waals surface area (Å²) in [6.45, 7) is 8.12. The normalized spacial score (nSPS) is 11.1. The lowest BCUT2D eigenvalue weighted by Gasteiger charge is -2.03. The van der Waals surface area contributed by atoms with Gasteiger partial charge in [-0.15, -0.1) is 11.3 Å². The number of rotatable bonds is 5. The van der Waals surface area contributed by atoms with Gasteiger partial charge in [-0.3, -0.25) is 4.68 Å². The Morgan fingerprint density at radius 1 is 1.47 bits per heavy atom. The quantitative estimate of drug-likeness (QED) is 0.887. The molecule has 2 rings (SSSR count). The van der Waals surface area contributed by atoms with Crippen molar-refractivity contribution in [2.24, 2.45) is 5.92 Å². The Hall–Kier alpha value is -1.36. The molecular formula is C12H18N4S. The molecule has 17 heavy (non-hydrogen) atoms. The van der Waals surface area contributed by atoms with Crippen LogP contribution >= 0.6 is 11.3 Å². The SMILES string of the molecule is Cc1csc(CNc2cnn(CC(C)C)c2)n1. The number of nitrogens with zero attached hydrogens (tertiary/aromatic N) is 3. The second-order valence-corrected chi connectivity index (χ2v) is 5.52. The van der Waals surface area contributed by atoms with Crippen molar-refractivity contribution in [1.82, 2.24) is 14.8 Å². The van der Waals surface area contributed by atoms with Crippen molar-refractivity contribution in [2.75, 3.05) is 5.32 Å². The zero-order chi connectivity index (χ0) is 12.3. The Balaban J connectivity index is 1.89. The van der Waals surface area contributed by atoms with E-state index in [2.05, 4.69) is 34.6 Å². The standard InChI is InChI=1S/C12H18N4S/c1-9(2)6-16-7-11(4-14-16)13-5-12-15-10(3)8-17-12/h4,7-9,13H,5-6H2,1-3H3. The van der Waals surface area contributed by atoms with Gasteiger partial charge in [-0.2, -0.15) is 5.10 Å². The molecule has 0 amide bonds. The molecule has 0 spiro atoms. The van der Waals surface area contributed by atoms with Crippen molar-refractivity contribution < 1.29 is 0 Å². The average molecular weight is 250 g/mol. The molecule has 0 aromatic carbocycles. The maximum atomic E-state index is 4.41. The van der Waals surface area contributed by atoms with E-state index in [1.807, 2.05) is 24.0 Å². The van der Waals surface area contributed by atoms with Gasteiger partial charge in [0.15, 0.2) is 0 Å². The predicted molar refractivity (Wildman–Crippen MR) is 71.2 cm³/mol. The maximum Gasteiger partial charge on any atom is 0.112 e. The Kier molecular flexibility index (Phi) is 3.78. The Bertz CT molecular complexity index is 472. The van der Waals surface area contributed by atoms with Crippen molar-refractivity contribution in [1.29, 1.82) is 0 Å². The zero-order valence-electron chi connectivity index (χ0n) is 10.5. The first-order valence-corrected chi connectivity index (χ1v) is 6.69. The number of anilines is 1. The van der Waals surface area contributed by atoms with Crippen molar-refractivity contribution >= 4 is 17.0 Å². The number of aromatic nitrogens is 3. The lowest BCUT2D eigenvalue weighted by molar-refractivity contribution is 0.483. The molecule has 0 saturated carbocycles. The second-order valence-electron chi connectivity index (χ2n) is 4.58. The van der Waals surface area contributed by atoms with Crippen LogP contribution < -0.4 is 5.32 Å². The Labute approximate surface area is 106 Å². The van der Waals surface area contributed by atoms with E-state index >= 15 is 0 Å². The number of hydrogen-bond acceptors (Lipinski definition) is 4. The van der Waals surface area contributed by atoms with E-state index in [-0.39, 0.29) is 0 Å². The minimum Gasteiger partial charge on any atom is -0.376 e. The molecule has 2 heterocycles. The summed E-state index contributed by atoms with van der Waals surface area (Å²) < 4.78 is 1.97. The molecule has 0 radical (unpaired) electrons. The summed E-state index contributed by atoms with van der Waals surface area (Å²) in [4.78, 5) is 4.41. The molecule has 0 aliphatic rings. The van der Waals surface area contributed by atoms with Crippen molar-refractivity contribution in [3.05, 3.63) is 28.5 Å². The Morgan fingerprint density at radius 2 is 2.29 bits per heavy atom. The minimum atomic E-state index is 0.615. The third-order valence-electron chi connectivity index (χ3n) is 2.30. The van der Waals surface area contributed by atoms with Gasteiger partial charge >= 0.3 is 0 Å². The lowest BCUT2D eigenvalue weighted by atomic mass is 10.2. The minimum absolute atomic E-state index is 0.615.